The smallest absolute Gasteiger partial charge is 0.253 e. The van der Waals surface area contributed by atoms with Crippen LogP contribution in [0.2, 0.25) is 0 Å². The first-order valence-electron chi connectivity index (χ1n) is 7.09. The predicted molar refractivity (Wildman–Crippen MR) is 81.3 cm³/mol. The number of hydrogen-bond donors (Lipinski definition) is 0. The van der Waals surface area contributed by atoms with Crippen molar-refractivity contribution in [3.8, 4) is 0 Å². The molecule has 1 amide bonds. The van der Waals surface area contributed by atoms with Gasteiger partial charge in [0.15, 0.2) is 6.10 Å². The summed E-state index contributed by atoms with van der Waals surface area (Å²) >= 11 is 3.38. The molecule has 2 saturated heterocycles. The van der Waals surface area contributed by atoms with Gasteiger partial charge in [0, 0.05) is 30.3 Å². The third-order valence-electron chi connectivity index (χ3n) is 3.70. The van der Waals surface area contributed by atoms with E-state index in [2.05, 4.69) is 25.8 Å². The fourth-order valence-corrected chi connectivity index (χ4v) is 2.78. The summed E-state index contributed by atoms with van der Waals surface area (Å²) in [4.78, 5) is 20.8. The van der Waals surface area contributed by atoms with Crippen molar-refractivity contribution in [2.75, 3.05) is 50.9 Å². The molecule has 21 heavy (non-hydrogen) atoms. The zero-order chi connectivity index (χ0) is 14.7. The van der Waals surface area contributed by atoms with Crippen LogP contribution >= 0.6 is 15.9 Å². The summed E-state index contributed by atoms with van der Waals surface area (Å²) in [5.74, 6) is 0.932. The largest absolute Gasteiger partial charge is 0.378 e. The lowest BCUT2D eigenvalue weighted by molar-refractivity contribution is -0.148. The van der Waals surface area contributed by atoms with Gasteiger partial charge in [-0.3, -0.25) is 4.79 Å². The molecule has 2 aliphatic heterocycles. The Morgan fingerprint density at radius 1 is 1.24 bits per heavy atom. The van der Waals surface area contributed by atoms with Crippen molar-refractivity contribution in [3.05, 3.63) is 22.8 Å². The van der Waals surface area contributed by atoms with Crippen LogP contribution in [0.5, 0.6) is 0 Å². The first kappa shape index (κ1) is 14.7. The van der Waals surface area contributed by atoms with Gasteiger partial charge >= 0.3 is 0 Å². The quantitative estimate of drug-likeness (QED) is 0.789. The molecule has 0 aliphatic carbocycles. The number of anilines is 1. The molecule has 1 aromatic heterocycles. The molecule has 0 bridgehead atoms. The normalized spacial score (nSPS) is 23.2. The van der Waals surface area contributed by atoms with Gasteiger partial charge in [-0.25, -0.2) is 4.98 Å². The Bertz CT molecular complexity index is 491. The van der Waals surface area contributed by atoms with Crippen molar-refractivity contribution < 1.29 is 14.3 Å². The molecular formula is C14H18BrN3O3. The summed E-state index contributed by atoms with van der Waals surface area (Å²) in [7, 11) is 0. The average Bonchev–Trinajstić information content (AvgIpc) is 2.56. The number of rotatable bonds is 2. The molecule has 0 saturated carbocycles. The molecule has 3 rings (SSSR count). The van der Waals surface area contributed by atoms with Gasteiger partial charge < -0.3 is 19.3 Å². The number of hydrogen-bond acceptors (Lipinski definition) is 5. The number of carbonyl (C=O) groups is 1. The van der Waals surface area contributed by atoms with Crippen molar-refractivity contribution in [1.29, 1.82) is 0 Å². The Morgan fingerprint density at radius 3 is 2.76 bits per heavy atom. The molecule has 1 atom stereocenters. The molecule has 1 unspecified atom stereocenters. The van der Waals surface area contributed by atoms with Gasteiger partial charge in [0.05, 0.1) is 26.4 Å². The summed E-state index contributed by atoms with van der Waals surface area (Å²) < 4.78 is 11.9. The molecule has 114 valence electrons. The fourth-order valence-electron chi connectivity index (χ4n) is 2.55. The van der Waals surface area contributed by atoms with Crippen molar-refractivity contribution in [3.63, 3.8) is 0 Å². The third kappa shape index (κ3) is 3.53. The number of ether oxygens (including phenoxy) is 2. The van der Waals surface area contributed by atoms with Crippen LogP contribution in [0.4, 0.5) is 5.82 Å². The highest BCUT2D eigenvalue weighted by atomic mass is 79.9. The van der Waals surface area contributed by atoms with Crippen LogP contribution < -0.4 is 4.90 Å². The second kappa shape index (κ2) is 6.72. The van der Waals surface area contributed by atoms with E-state index in [0.29, 0.717) is 39.5 Å². The van der Waals surface area contributed by atoms with Crippen LogP contribution in [0.25, 0.3) is 0 Å². The minimum atomic E-state index is -0.415. The van der Waals surface area contributed by atoms with E-state index in [-0.39, 0.29) is 5.91 Å². The Kier molecular flexibility index (Phi) is 4.72. The number of nitrogens with zero attached hydrogens (tertiary/aromatic N) is 3. The molecule has 3 heterocycles. The van der Waals surface area contributed by atoms with Crippen LogP contribution in [0.3, 0.4) is 0 Å². The predicted octanol–water partition coefficient (Wildman–Crippen LogP) is 0.908. The van der Waals surface area contributed by atoms with E-state index in [1.165, 1.54) is 0 Å². The lowest BCUT2D eigenvalue weighted by atomic mass is 10.2. The van der Waals surface area contributed by atoms with Crippen LogP contribution in [0.15, 0.2) is 22.8 Å². The molecule has 2 aliphatic rings. The maximum absolute atomic E-state index is 12.5. The van der Waals surface area contributed by atoms with E-state index in [1.807, 2.05) is 17.0 Å². The number of halogens is 1. The zero-order valence-corrected chi connectivity index (χ0v) is 13.3. The minimum absolute atomic E-state index is 0.0557. The molecule has 7 heteroatoms. The van der Waals surface area contributed by atoms with E-state index >= 15 is 0 Å². The van der Waals surface area contributed by atoms with Gasteiger partial charge in [-0.2, -0.15) is 0 Å². The molecule has 6 nitrogen and oxygen atoms in total. The van der Waals surface area contributed by atoms with Crippen LogP contribution in [0.1, 0.15) is 0 Å². The Balaban J connectivity index is 1.64. The summed E-state index contributed by atoms with van der Waals surface area (Å²) in [6.45, 7) is 4.35. The number of aromatic nitrogens is 1. The third-order valence-corrected chi connectivity index (χ3v) is 4.17. The van der Waals surface area contributed by atoms with E-state index in [9.17, 15) is 4.79 Å². The van der Waals surface area contributed by atoms with Crippen molar-refractivity contribution in [2.24, 2.45) is 0 Å². The van der Waals surface area contributed by atoms with Crippen molar-refractivity contribution >= 4 is 27.7 Å². The van der Waals surface area contributed by atoms with E-state index in [0.717, 1.165) is 16.8 Å². The van der Waals surface area contributed by atoms with E-state index < -0.39 is 6.10 Å². The lowest BCUT2D eigenvalue weighted by Crippen LogP contribution is -2.53. The topological polar surface area (TPSA) is 54.9 Å². The average molecular weight is 356 g/mol. The SMILES string of the molecule is O=C(C1CN(c2ccc(Br)cn2)CCO1)N1CCOCC1. The van der Waals surface area contributed by atoms with Gasteiger partial charge in [0.1, 0.15) is 5.82 Å². The summed E-state index contributed by atoms with van der Waals surface area (Å²) in [5.41, 5.74) is 0. The van der Waals surface area contributed by atoms with Gasteiger partial charge in [-0.05, 0) is 28.1 Å². The standard InChI is InChI=1S/C14H18BrN3O3/c15-11-1-2-13(16-9-11)18-5-8-21-12(10-18)14(19)17-3-6-20-7-4-17/h1-2,9,12H,3-8,10H2. The van der Waals surface area contributed by atoms with Crippen molar-refractivity contribution in [1.82, 2.24) is 9.88 Å². The maximum Gasteiger partial charge on any atom is 0.253 e. The Hall–Kier alpha value is -1.18. The molecule has 0 spiro atoms. The molecule has 1 aromatic rings. The minimum Gasteiger partial charge on any atom is -0.378 e. The van der Waals surface area contributed by atoms with Crippen molar-refractivity contribution in [2.45, 2.75) is 6.10 Å². The first-order chi connectivity index (χ1) is 10.2. The highest BCUT2D eigenvalue weighted by Crippen LogP contribution is 2.18. The fraction of sp³-hybridized carbons (Fsp3) is 0.571. The molecular weight excluding hydrogens is 338 g/mol. The number of carbonyl (C=O) groups excluding carboxylic acids is 1. The van der Waals surface area contributed by atoms with Gasteiger partial charge in [-0.15, -0.1) is 0 Å². The number of pyridine rings is 1. The zero-order valence-electron chi connectivity index (χ0n) is 11.7. The van der Waals surface area contributed by atoms with E-state index in [1.54, 1.807) is 6.20 Å². The van der Waals surface area contributed by atoms with E-state index in [4.69, 9.17) is 9.47 Å². The highest BCUT2D eigenvalue weighted by Gasteiger charge is 2.31. The van der Waals surface area contributed by atoms with Gasteiger partial charge in [-0.1, -0.05) is 0 Å². The second-order valence-electron chi connectivity index (χ2n) is 5.08. The summed E-state index contributed by atoms with van der Waals surface area (Å²) in [6, 6.07) is 3.91. The molecule has 2 fully saturated rings. The maximum atomic E-state index is 12.5. The summed E-state index contributed by atoms with van der Waals surface area (Å²) in [5, 5.41) is 0. The van der Waals surface area contributed by atoms with Gasteiger partial charge in [0.2, 0.25) is 0 Å². The van der Waals surface area contributed by atoms with Crippen LogP contribution in [0, 0.1) is 0 Å². The van der Waals surface area contributed by atoms with Gasteiger partial charge in [0.25, 0.3) is 5.91 Å². The number of amides is 1. The summed E-state index contributed by atoms with van der Waals surface area (Å²) in [6.07, 6.45) is 1.35. The molecule has 0 radical (unpaired) electrons. The molecule has 0 aromatic carbocycles. The molecule has 0 N–H and O–H groups in total. The highest BCUT2D eigenvalue weighted by molar-refractivity contribution is 9.10. The Labute approximate surface area is 132 Å². The van der Waals surface area contributed by atoms with Crippen LogP contribution in [-0.4, -0.2) is 67.9 Å². The monoisotopic (exact) mass is 355 g/mol. The second-order valence-corrected chi connectivity index (χ2v) is 5.99. The Morgan fingerprint density at radius 2 is 2.05 bits per heavy atom. The first-order valence-corrected chi connectivity index (χ1v) is 7.88. The number of morpholine rings is 2. The lowest BCUT2D eigenvalue weighted by Gasteiger charge is -2.36. The van der Waals surface area contributed by atoms with Crippen LogP contribution in [-0.2, 0) is 14.3 Å².